The van der Waals surface area contributed by atoms with Gasteiger partial charge in [-0.1, -0.05) is 42.5 Å². The quantitative estimate of drug-likeness (QED) is 0.542. The molecule has 0 radical (unpaired) electrons. The van der Waals surface area contributed by atoms with Gasteiger partial charge in [-0.3, -0.25) is 9.59 Å². The van der Waals surface area contributed by atoms with E-state index in [1.807, 2.05) is 48.7 Å². The van der Waals surface area contributed by atoms with Crippen molar-refractivity contribution in [2.45, 2.75) is 19.3 Å². The molecular formula is C22H22N2O3. The number of H-pyrrole nitrogens is 1. The monoisotopic (exact) mass is 362 g/mol. The summed E-state index contributed by atoms with van der Waals surface area (Å²) in [7, 11) is 1.34. The third-order valence-corrected chi connectivity index (χ3v) is 5.47. The number of methoxy groups -OCH3 is 1. The minimum absolute atomic E-state index is 0.259. The Morgan fingerprint density at radius 2 is 1.74 bits per heavy atom. The van der Waals surface area contributed by atoms with E-state index >= 15 is 0 Å². The normalized spacial score (nSPS) is 14.7. The number of esters is 1. The maximum absolute atomic E-state index is 13.0. The number of rotatable bonds is 5. The first-order valence-corrected chi connectivity index (χ1v) is 9.12. The molecule has 0 bridgehead atoms. The molecule has 27 heavy (non-hydrogen) atoms. The van der Waals surface area contributed by atoms with Crippen LogP contribution < -0.4 is 5.32 Å². The maximum Gasteiger partial charge on any atom is 0.322 e. The molecule has 1 aliphatic carbocycles. The third-order valence-electron chi connectivity index (χ3n) is 5.47. The molecule has 0 unspecified atom stereocenters. The van der Waals surface area contributed by atoms with E-state index in [1.165, 1.54) is 7.11 Å². The molecule has 5 heteroatoms. The number of benzene rings is 2. The van der Waals surface area contributed by atoms with Crippen LogP contribution in [0.1, 0.15) is 16.7 Å². The summed E-state index contributed by atoms with van der Waals surface area (Å²) in [5.74, 6) is -0.728. The number of ether oxygens (including phenoxy) is 1. The highest BCUT2D eigenvalue weighted by Gasteiger charge is 2.51. The van der Waals surface area contributed by atoms with Crippen molar-refractivity contribution >= 4 is 22.8 Å². The van der Waals surface area contributed by atoms with Crippen molar-refractivity contribution in [3.05, 3.63) is 71.4 Å². The van der Waals surface area contributed by atoms with Gasteiger partial charge in [0.15, 0.2) is 5.41 Å². The van der Waals surface area contributed by atoms with Crippen molar-refractivity contribution in [3.63, 3.8) is 0 Å². The number of carbonyl (C=O) groups excluding carboxylic acids is 2. The van der Waals surface area contributed by atoms with E-state index in [0.29, 0.717) is 25.8 Å². The molecule has 0 saturated carbocycles. The van der Waals surface area contributed by atoms with Gasteiger partial charge in [0.25, 0.3) is 0 Å². The van der Waals surface area contributed by atoms with Crippen molar-refractivity contribution in [3.8, 4) is 0 Å². The number of aromatic amines is 1. The molecule has 1 heterocycles. The van der Waals surface area contributed by atoms with Crippen LogP contribution in [0.4, 0.5) is 0 Å². The Labute approximate surface area is 157 Å². The van der Waals surface area contributed by atoms with Crippen molar-refractivity contribution in [2.24, 2.45) is 5.41 Å². The molecule has 0 aliphatic heterocycles. The molecule has 5 nitrogen and oxygen atoms in total. The zero-order chi connectivity index (χ0) is 18.9. The summed E-state index contributed by atoms with van der Waals surface area (Å²) in [4.78, 5) is 28.8. The van der Waals surface area contributed by atoms with Gasteiger partial charge in [-0.15, -0.1) is 0 Å². The Bertz CT molecular complexity index is 980. The molecule has 3 aromatic rings. The van der Waals surface area contributed by atoms with E-state index < -0.39 is 11.4 Å². The summed E-state index contributed by atoms with van der Waals surface area (Å²) in [6.45, 7) is 0.468. The van der Waals surface area contributed by atoms with E-state index in [4.69, 9.17) is 4.74 Å². The molecule has 1 aromatic heterocycles. The Morgan fingerprint density at radius 3 is 2.44 bits per heavy atom. The fourth-order valence-corrected chi connectivity index (χ4v) is 4.03. The Kier molecular flexibility index (Phi) is 4.44. The number of fused-ring (bicyclic) bond motifs is 2. The number of carbonyl (C=O) groups is 2. The molecular weight excluding hydrogens is 340 g/mol. The SMILES string of the molecule is COC(=O)C1(C(=O)NCCc2c[nH]c3ccccc23)Cc2ccccc2C1. The lowest BCUT2D eigenvalue weighted by Gasteiger charge is -2.24. The van der Waals surface area contributed by atoms with Gasteiger partial charge in [0.05, 0.1) is 7.11 Å². The minimum Gasteiger partial charge on any atom is -0.468 e. The van der Waals surface area contributed by atoms with Gasteiger partial charge in [-0.25, -0.2) is 0 Å². The number of hydrogen-bond donors (Lipinski definition) is 2. The molecule has 0 atom stereocenters. The highest BCUT2D eigenvalue weighted by atomic mass is 16.5. The van der Waals surface area contributed by atoms with Gasteiger partial charge in [-0.2, -0.15) is 0 Å². The molecule has 0 fully saturated rings. The Hall–Kier alpha value is -3.08. The van der Waals surface area contributed by atoms with Crippen molar-refractivity contribution in [2.75, 3.05) is 13.7 Å². The molecule has 2 aromatic carbocycles. The fourth-order valence-electron chi connectivity index (χ4n) is 4.03. The third kappa shape index (κ3) is 2.99. The molecule has 2 N–H and O–H groups in total. The summed E-state index contributed by atoms with van der Waals surface area (Å²) < 4.78 is 4.99. The summed E-state index contributed by atoms with van der Waals surface area (Å²) in [6, 6.07) is 15.9. The van der Waals surface area contributed by atoms with Crippen molar-refractivity contribution in [1.29, 1.82) is 0 Å². The summed E-state index contributed by atoms with van der Waals surface area (Å²) in [5.41, 5.74) is 3.13. The maximum atomic E-state index is 13.0. The van der Waals surface area contributed by atoms with Crippen LogP contribution in [0, 0.1) is 5.41 Å². The first-order chi connectivity index (χ1) is 13.1. The van der Waals surface area contributed by atoms with Crippen LogP contribution in [0.15, 0.2) is 54.7 Å². The van der Waals surface area contributed by atoms with E-state index in [1.54, 1.807) is 0 Å². The Morgan fingerprint density at radius 1 is 1.07 bits per heavy atom. The van der Waals surface area contributed by atoms with Crippen molar-refractivity contribution in [1.82, 2.24) is 10.3 Å². The lowest BCUT2D eigenvalue weighted by Crippen LogP contribution is -2.48. The molecule has 0 saturated heterocycles. The van der Waals surface area contributed by atoms with Gasteiger partial charge in [0.2, 0.25) is 5.91 Å². The van der Waals surface area contributed by atoms with Gasteiger partial charge >= 0.3 is 5.97 Å². The number of hydrogen-bond acceptors (Lipinski definition) is 3. The number of nitrogens with one attached hydrogen (secondary N) is 2. The van der Waals surface area contributed by atoms with Crippen LogP contribution in [-0.2, 0) is 33.6 Å². The predicted molar refractivity (Wildman–Crippen MR) is 103 cm³/mol. The van der Waals surface area contributed by atoms with Gasteiger partial charge in [-0.05, 0) is 42.0 Å². The van der Waals surface area contributed by atoms with Gasteiger partial charge in [0.1, 0.15) is 0 Å². The Balaban J connectivity index is 1.48. The zero-order valence-electron chi connectivity index (χ0n) is 15.2. The largest absolute Gasteiger partial charge is 0.468 e. The molecule has 4 rings (SSSR count). The van der Waals surface area contributed by atoms with Crippen LogP contribution in [0.5, 0.6) is 0 Å². The average Bonchev–Trinajstić information content (AvgIpc) is 3.29. The standard InChI is InChI=1S/C22H22N2O3/c1-27-21(26)22(12-15-6-2-3-7-16(15)13-22)20(25)23-11-10-17-14-24-19-9-5-4-8-18(17)19/h2-9,14,24H,10-13H2,1H3,(H,23,25). The van der Waals surface area contributed by atoms with Crippen molar-refractivity contribution < 1.29 is 14.3 Å². The van der Waals surface area contributed by atoms with Gasteiger partial charge in [0, 0.05) is 23.6 Å². The highest BCUT2D eigenvalue weighted by Crippen LogP contribution is 2.38. The highest BCUT2D eigenvalue weighted by molar-refractivity contribution is 6.04. The second kappa shape index (κ2) is 6.91. The second-order valence-corrected chi connectivity index (χ2v) is 7.06. The topological polar surface area (TPSA) is 71.2 Å². The van der Waals surface area contributed by atoms with E-state index in [2.05, 4.69) is 16.4 Å². The van der Waals surface area contributed by atoms with E-state index in [0.717, 1.165) is 27.6 Å². The second-order valence-electron chi connectivity index (χ2n) is 7.06. The lowest BCUT2D eigenvalue weighted by atomic mass is 9.83. The van der Waals surface area contributed by atoms with Crippen LogP contribution in [0.25, 0.3) is 10.9 Å². The summed E-state index contributed by atoms with van der Waals surface area (Å²) >= 11 is 0. The number of aromatic nitrogens is 1. The fraction of sp³-hybridized carbons (Fsp3) is 0.273. The summed E-state index contributed by atoms with van der Waals surface area (Å²) in [6.07, 6.45) is 3.43. The van der Waals surface area contributed by atoms with Crippen LogP contribution >= 0.6 is 0 Å². The van der Waals surface area contributed by atoms with E-state index in [9.17, 15) is 9.59 Å². The van der Waals surface area contributed by atoms with Crippen LogP contribution in [0.2, 0.25) is 0 Å². The van der Waals surface area contributed by atoms with Crippen LogP contribution in [-0.4, -0.2) is 30.5 Å². The smallest absolute Gasteiger partial charge is 0.322 e. The average molecular weight is 362 g/mol. The van der Waals surface area contributed by atoms with Gasteiger partial charge < -0.3 is 15.0 Å². The number of amides is 1. The predicted octanol–water partition coefficient (Wildman–Crippen LogP) is 2.78. The summed E-state index contributed by atoms with van der Waals surface area (Å²) in [5, 5.41) is 4.12. The molecule has 0 spiro atoms. The minimum atomic E-state index is -1.17. The van der Waals surface area contributed by atoms with E-state index in [-0.39, 0.29) is 5.91 Å². The molecule has 138 valence electrons. The first-order valence-electron chi connectivity index (χ1n) is 9.12. The lowest BCUT2D eigenvalue weighted by molar-refractivity contribution is -0.158. The van der Waals surface area contributed by atoms with Crippen LogP contribution in [0.3, 0.4) is 0 Å². The number of para-hydroxylation sites is 1. The first kappa shape index (κ1) is 17.3. The molecule has 1 aliphatic rings. The molecule has 1 amide bonds. The zero-order valence-corrected chi connectivity index (χ0v) is 15.2.